The Morgan fingerprint density at radius 1 is 1.00 bits per heavy atom. The Kier molecular flexibility index (Phi) is 12.1. The number of sulfonamides is 1. The van der Waals surface area contributed by atoms with Crippen LogP contribution in [0, 0.1) is 5.41 Å². The van der Waals surface area contributed by atoms with E-state index >= 15 is 0 Å². The summed E-state index contributed by atoms with van der Waals surface area (Å²) >= 11 is 1.29. The standard InChI is InChI=1S/C19H25N3O3S2.2C2HF3O2/c23-27(24,18-4-2-12-26-18)22-8-5-19(6-9-22)15-21(10-11-25-16-19)14-17-3-1-7-20-13-17;2*3-2(4,5)1(6)7/h1-4,7,12-13H,5-6,8-11,14-16H2;2*(H,6,7). The largest absolute Gasteiger partial charge is 0.490 e. The summed E-state index contributed by atoms with van der Waals surface area (Å²) in [5.74, 6) is -5.51. The van der Waals surface area contributed by atoms with Crippen molar-refractivity contribution in [2.75, 3.05) is 39.4 Å². The summed E-state index contributed by atoms with van der Waals surface area (Å²) in [5, 5.41) is 16.1. The molecule has 4 rings (SSSR count). The van der Waals surface area contributed by atoms with Gasteiger partial charge in [-0.05, 0) is 35.9 Å². The van der Waals surface area contributed by atoms with Crippen LogP contribution >= 0.6 is 11.3 Å². The molecule has 0 aliphatic carbocycles. The fourth-order valence-corrected chi connectivity index (χ4v) is 6.59. The minimum Gasteiger partial charge on any atom is -0.475 e. The maximum atomic E-state index is 12.8. The summed E-state index contributed by atoms with van der Waals surface area (Å²) in [7, 11) is -3.36. The van der Waals surface area contributed by atoms with Crippen molar-refractivity contribution < 1.29 is 59.3 Å². The van der Waals surface area contributed by atoms with Gasteiger partial charge in [-0.25, -0.2) is 18.0 Å². The van der Waals surface area contributed by atoms with Gasteiger partial charge in [0, 0.05) is 50.5 Å². The zero-order chi connectivity index (χ0) is 30.9. The zero-order valence-electron chi connectivity index (χ0n) is 21.3. The SMILES string of the molecule is O=C(O)C(F)(F)F.O=C(O)C(F)(F)F.O=S(=O)(c1cccs1)N1CCC2(CC1)COCCN(Cc1cccnc1)C2. The Morgan fingerprint density at radius 2 is 1.59 bits per heavy atom. The van der Waals surface area contributed by atoms with Crippen molar-refractivity contribution in [2.45, 2.75) is 35.9 Å². The smallest absolute Gasteiger partial charge is 0.475 e. The van der Waals surface area contributed by atoms with Gasteiger partial charge in [0.2, 0.25) is 0 Å². The molecule has 0 atom stereocenters. The van der Waals surface area contributed by atoms with Gasteiger partial charge in [0.05, 0.1) is 13.2 Å². The fourth-order valence-electron chi connectivity index (χ4n) is 4.01. The lowest BCUT2D eigenvalue weighted by Crippen LogP contribution is -2.48. The molecule has 0 amide bonds. The van der Waals surface area contributed by atoms with Gasteiger partial charge in [-0.2, -0.15) is 30.6 Å². The van der Waals surface area contributed by atoms with Crippen LogP contribution in [0.3, 0.4) is 0 Å². The fraction of sp³-hybridized carbons (Fsp3) is 0.522. The van der Waals surface area contributed by atoms with E-state index in [9.17, 15) is 34.8 Å². The second-order valence-corrected chi connectivity index (χ2v) is 12.2. The van der Waals surface area contributed by atoms with E-state index in [0.29, 0.717) is 23.9 Å². The molecule has 2 aromatic rings. The van der Waals surface area contributed by atoms with E-state index in [2.05, 4.69) is 16.0 Å². The summed E-state index contributed by atoms with van der Waals surface area (Å²) in [4.78, 5) is 24.4. The van der Waals surface area contributed by atoms with E-state index in [0.717, 1.165) is 39.1 Å². The molecule has 0 unspecified atom stereocenters. The van der Waals surface area contributed by atoms with Crippen molar-refractivity contribution in [1.29, 1.82) is 0 Å². The quantitative estimate of drug-likeness (QED) is 0.482. The number of pyridine rings is 1. The molecular formula is C23H27F6N3O7S2. The van der Waals surface area contributed by atoms with Crippen LogP contribution in [0.15, 0.2) is 46.2 Å². The number of aromatic nitrogens is 1. The van der Waals surface area contributed by atoms with Crippen LogP contribution < -0.4 is 0 Å². The number of carboxylic acids is 2. The molecule has 0 saturated carbocycles. The van der Waals surface area contributed by atoms with Crippen LogP contribution in [0.4, 0.5) is 26.3 Å². The Labute approximate surface area is 235 Å². The lowest BCUT2D eigenvalue weighted by atomic mass is 9.79. The third-order valence-corrected chi connectivity index (χ3v) is 9.28. The van der Waals surface area contributed by atoms with Gasteiger partial charge in [-0.3, -0.25) is 9.88 Å². The lowest BCUT2D eigenvalue weighted by molar-refractivity contribution is -0.193. The van der Waals surface area contributed by atoms with Crippen molar-refractivity contribution in [2.24, 2.45) is 5.41 Å². The van der Waals surface area contributed by atoms with Crippen LogP contribution in [-0.4, -0.2) is 96.5 Å². The van der Waals surface area contributed by atoms with Gasteiger partial charge >= 0.3 is 24.3 Å². The number of halogens is 6. The highest BCUT2D eigenvalue weighted by atomic mass is 32.2. The Hall–Kier alpha value is -2.80. The molecular weight excluding hydrogens is 608 g/mol. The molecule has 230 valence electrons. The van der Waals surface area contributed by atoms with Gasteiger partial charge in [0.1, 0.15) is 4.21 Å². The number of carboxylic acid groups (broad SMARTS) is 2. The maximum Gasteiger partial charge on any atom is 0.490 e. The van der Waals surface area contributed by atoms with E-state index in [4.69, 9.17) is 24.5 Å². The molecule has 1 spiro atoms. The summed E-state index contributed by atoms with van der Waals surface area (Å²) in [6, 6.07) is 7.54. The Morgan fingerprint density at radius 3 is 2.05 bits per heavy atom. The van der Waals surface area contributed by atoms with Crippen LogP contribution in [0.2, 0.25) is 0 Å². The zero-order valence-corrected chi connectivity index (χ0v) is 22.9. The molecule has 41 heavy (non-hydrogen) atoms. The molecule has 10 nitrogen and oxygen atoms in total. The van der Waals surface area contributed by atoms with Crippen LogP contribution in [0.25, 0.3) is 0 Å². The lowest BCUT2D eigenvalue weighted by Gasteiger charge is -2.42. The first kappa shape index (κ1) is 34.4. The molecule has 2 aliphatic rings. The molecule has 2 aliphatic heterocycles. The highest BCUT2D eigenvalue weighted by Gasteiger charge is 2.41. The summed E-state index contributed by atoms with van der Waals surface area (Å²) in [6.45, 7) is 5.25. The highest BCUT2D eigenvalue weighted by Crippen LogP contribution is 2.37. The molecule has 0 bridgehead atoms. The van der Waals surface area contributed by atoms with E-state index in [1.54, 1.807) is 22.6 Å². The van der Waals surface area contributed by atoms with Crippen molar-refractivity contribution in [3.63, 3.8) is 0 Å². The Balaban J connectivity index is 0.000000349. The number of ether oxygens (including phenoxy) is 1. The van der Waals surface area contributed by atoms with E-state index in [-0.39, 0.29) is 5.41 Å². The molecule has 4 heterocycles. The molecule has 2 N–H and O–H groups in total. The Bertz CT molecular complexity index is 1190. The number of hydrogen-bond donors (Lipinski definition) is 2. The number of thiophene rings is 1. The number of carbonyl (C=O) groups is 2. The average molecular weight is 636 g/mol. The van der Waals surface area contributed by atoms with E-state index in [1.807, 2.05) is 17.6 Å². The van der Waals surface area contributed by atoms with E-state index in [1.165, 1.54) is 16.9 Å². The van der Waals surface area contributed by atoms with Crippen LogP contribution in [0.1, 0.15) is 18.4 Å². The molecule has 0 radical (unpaired) electrons. The number of alkyl halides is 6. The number of piperidine rings is 1. The van der Waals surface area contributed by atoms with Gasteiger partial charge in [-0.15, -0.1) is 11.3 Å². The molecule has 2 fully saturated rings. The van der Waals surface area contributed by atoms with Crippen molar-refractivity contribution in [3.05, 3.63) is 47.6 Å². The minimum absolute atomic E-state index is 0.0280. The first-order chi connectivity index (χ1) is 19.0. The third-order valence-electron chi connectivity index (χ3n) is 6.01. The van der Waals surface area contributed by atoms with Crippen LogP contribution in [0.5, 0.6) is 0 Å². The second-order valence-electron chi connectivity index (χ2n) is 9.07. The molecule has 2 saturated heterocycles. The maximum absolute atomic E-state index is 12.8. The highest BCUT2D eigenvalue weighted by molar-refractivity contribution is 7.91. The van der Waals surface area contributed by atoms with Gasteiger partial charge in [-0.1, -0.05) is 12.1 Å². The van der Waals surface area contributed by atoms with Gasteiger partial charge in [0.25, 0.3) is 10.0 Å². The summed E-state index contributed by atoms with van der Waals surface area (Å²) in [6.07, 6.45) is -4.79. The second kappa shape index (κ2) is 14.4. The topological polar surface area (TPSA) is 137 Å². The van der Waals surface area contributed by atoms with Crippen molar-refractivity contribution in [1.82, 2.24) is 14.2 Å². The first-order valence-corrected chi connectivity index (χ1v) is 14.1. The number of rotatable bonds is 4. The molecule has 18 heteroatoms. The van der Waals surface area contributed by atoms with Crippen molar-refractivity contribution >= 4 is 33.3 Å². The van der Waals surface area contributed by atoms with Crippen molar-refractivity contribution in [3.8, 4) is 0 Å². The monoisotopic (exact) mass is 635 g/mol. The predicted octanol–water partition coefficient (Wildman–Crippen LogP) is 3.71. The normalized spacial score (nSPS) is 18.3. The molecule has 2 aromatic heterocycles. The van der Waals surface area contributed by atoms with Gasteiger partial charge in [0.15, 0.2) is 0 Å². The number of hydrogen-bond acceptors (Lipinski definition) is 8. The summed E-state index contributed by atoms with van der Waals surface area (Å²) < 4.78 is 97.0. The van der Waals surface area contributed by atoms with Crippen LogP contribution in [-0.2, 0) is 30.9 Å². The minimum atomic E-state index is -5.08. The third kappa shape index (κ3) is 10.8. The number of aliphatic carboxylic acids is 2. The average Bonchev–Trinajstić information content (AvgIpc) is 3.37. The molecule has 0 aromatic carbocycles. The van der Waals surface area contributed by atoms with E-state index < -0.39 is 34.3 Å². The number of nitrogens with zero attached hydrogens (tertiary/aromatic N) is 3. The van der Waals surface area contributed by atoms with Gasteiger partial charge < -0.3 is 14.9 Å². The predicted molar refractivity (Wildman–Crippen MR) is 132 cm³/mol. The first-order valence-electron chi connectivity index (χ1n) is 11.8. The summed E-state index contributed by atoms with van der Waals surface area (Å²) in [5.41, 5.74) is 1.23.